The molecule has 0 radical (unpaired) electrons. The fourth-order valence-corrected chi connectivity index (χ4v) is 5.03. The third-order valence-corrected chi connectivity index (χ3v) is 5.98. The molecule has 0 unspecified atom stereocenters. The van der Waals surface area contributed by atoms with Crippen molar-refractivity contribution in [2.75, 3.05) is 23.4 Å². The van der Waals surface area contributed by atoms with Gasteiger partial charge >= 0.3 is 6.03 Å². The number of hydrogen-bond donors (Lipinski definition) is 2. The minimum absolute atomic E-state index is 0.168. The maximum atomic E-state index is 11.6. The molecule has 6 heteroatoms. The molecule has 0 aliphatic carbocycles. The van der Waals surface area contributed by atoms with Gasteiger partial charge in [0.05, 0.1) is 0 Å². The van der Waals surface area contributed by atoms with Gasteiger partial charge < -0.3 is 10.6 Å². The Labute approximate surface area is 131 Å². The average molecular weight is 331 g/mol. The van der Waals surface area contributed by atoms with E-state index in [4.69, 9.17) is 11.6 Å². The predicted molar refractivity (Wildman–Crippen MR) is 94.0 cm³/mol. The molecule has 0 aromatic heterocycles. The summed E-state index contributed by atoms with van der Waals surface area (Å²) in [6, 6.07) is 8.23. The van der Waals surface area contributed by atoms with Crippen molar-refractivity contribution in [1.29, 1.82) is 0 Å². The van der Waals surface area contributed by atoms with E-state index in [0.717, 1.165) is 11.4 Å². The number of thioether (sulfide) groups is 1. The first-order valence-electron chi connectivity index (χ1n) is 6.75. The molecule has 0 saturated carbocycles. The molecule has 20 heavy (non-hydrogen) atoms. The lowest BCUT2D eigenvalue weighted by molar-refractivity contribution is 0.252. The molecular formula is C14H23ClN2OSSi. The van der Waals surface area contributed by atoms with Crippen molar-refractivity contribution < 1.29 is 4.79 Å². The van der Waals surface area contributed by atoms with Crippen LogP contribution in [0.1, 0.15) is 0 Å². The van der Waals surface area contributed by atoms with Crippen LogP contribution in [0.5, 0.6) is 0 Å². The molecule has 0 aliphatic rings. The van der Waals surface area contributed by atoms with Gasteiger partial charge in [-0.25, -0.2) is 4.79 Å². The Morgan fingerprint density at radius 2 is 1.85 bits per heavy atom. The fraction of sp³-hybridized carbons (Fsp3) is 0.500. The lowest BCUT2D eigenvalue weighted by Gasteiger charge is -2.14. The van der Waals surface area contributed by atoms with Crippen LogP contribution in [-0.4, -0.2) is 32.2 Å². The third-order valence-electron chi connectivity index (χ3n) is 2.63. The van der Waals surface area contributed by atoms with Gasteiger partial charge in [0.25, 0.3) is 0 Å². The number of amides is 2. The van der Waals surface area contributed by atoms with Crippen molar-refractivity contribution >= 4 is 43.2 Å². The van der Waals surface area contributed by atoms with Gasteiger partial charge in [0, 0.05) is 31.1 Å². The molecule has 0 fully saturated rings. The Morgan fingerprint density at radius 1 is 1.20 bits per heavy atom. The highest BCUT2D eigenvalue weighted by Crippen LogP contribution is 2.14. The Balaban J connectivity index is 2.10. The summed E-state index contributed by atoms with van der Waals surface area (Å²) < 4.78 is 0. The molecule has 1 aromatic rings. The van der Waals surface area contributed by atoms with Gasteiger partial charge in [0.1, 0.15) is 0 Å². The van der Waals surface area contributed by atoms with E-state index >= 15 is 0 Å². The maximum Gasteiger partial charge on any atom is 0.319 e. The SMILES string of the molecule is C[Si](C)(C)CCSCCNC(=O)Nc1ccc(Cl)cc1. The summed E-state index contributed by atoms with van der Waals surface area (Å²) in [5, 5.41) is 6.29. The standard InChI is InChI=1S/C14H23ClN2OSSi/c1-20(2,3)11-10-19-9-8-16-14(18)17-13-6-4-12(15)5-7-13/h4-7H,8-11H2,1-3H3,(H2,16,17,18). The summed E-state index contributed by atoms with van der Waals surface area (Å²) >= 11 is 7.69. The quantitative estimate of drug-likeness (QED) is 0.569. The van der Waals surface area contributed by atoms with Crippen molar-refractivity contribution in [1.82, 2.24) is 5.32 Å². The average Bonchev–Trinajstić information content (AvgIpc) is 2.35. The first kappa shape index (κ1) is 17.4. The molecular weight excluding hydrogens is 308 g/mol. The van der Waals surface area contributed by atoms with Crippen molar-refractivity contribution in [3.63, 3.8) is 0 Å². The first-order chi connectivity index (χ1) is 9.37. The fourth-order valence-electron chi connectivity index (χ4n) is 1.43. The molecule has 0 aliphatic heterocycles. The van der Waals surface area contributed by atoms with E-state index in [1.165, 1.54) is 11.8 Å². The lowest BCUT2D eigenvalue weighted by Crippen LogP contribution is -2.30. The van der Waals surface area contributed by atoms with Crippen molar-refractivity contribution in [2.24, 2.45) is 0 Å². The summed E-state index contributed by atoms with van der Waals surface area (Å²) in [4.78, 5) is 11.6. The summed E-state index contributed by atoms with van der Waals surface area (Å²) in [7, 11) is -0.926. The Kier molecular flexibility index (Phi) is 7.48. The third kappa shape index (κ3) is 8.50. The van der Waals surface area contributed by atoms with Crippen LogP contribution in [-0.2, 0) is 0 Å². The van der Waals surface area contributed by atoms with E-state index in [1.807, 2.05) is 11.8 Å². The smallest absolute Gasteiger partial charge is 0.319 e. The van der Waals surface area contributed by atoms with Gasteiger partial charge in [-0.2, -0.15) is 11.8 Å². The number of anilines is 1. The van der Waals surface area contributed by atoms with Gasteiger partial charge in [-0.3, -0.25) is 0 Å². The largest absolute Gasteiger partial charge is 0.337 e. The van der Waals surface area contributed by atoms with Gasteiger partial charge in [-0.1, -0.05) is 31.2 Å². The second-order valence-corrected chi connectivity index (χ2v) is 13.1. The van der Waals surface area contributed by atoms with Crippen LogP contribution in [0.4, 0.5) is 10.5 Å². The zero-order valence-electron chi connectivity index (χ0n) is 12.3. The number of urea groups is 1. The number of nitrogens with one attached hydrogen (secondary N) is 2. The predicted octanol–water partition coefficient (Wildman–Crippen LogP) is 4.53. The van der Waals surface area contributed by atoms with E-state index in [0.29, 0.717) is 11.6 Å². The van der Waals surface area contributed by atoms with Crippen molar-refractivity contribution in [3.8, 4) is 0 Å². The normalized spacial score (nSPS) is 11.2. The van der Waals surface area contributed by atoms with Gasteiger partial charge in [0.15, 0.2) is 0 Å². The topological polar surface area (TPSA) is 41.1 Å². The van der Waals surface area contributed by atoms with Crippen LogP contribution in [0.2, 0.25) is 30.7 Å². The lowest BCUT2D eigenvalue weighted by atomic mass is 10.3. The van der Waals surface area contributed by atoms with E-state index in [2.05, 4.69) is 30.3 Å². The number of rotatable bonds is 7. The van der Waals surface area contributed by atoms with E-state index in [1.54, 1.807) is 24.3 Å². The highest BCUT2D eigenvalue weighted by molar-refractivity contribution is 7.99. The first-order valence-corrected chi connectivity index (χ1v) is 12.0. The summed E-state index contributed by atoms with van der Waals surface area (Å²) in [6.45, 7) is 7.83. The number of benzene rings is 1. The van der Waals surface area contributed by atoms with Gasteiger partial charge in [-0.05, 0) is 36.1 Å². The highest BCUT2D eigenvalue weighted by Gasteiger charge is 2.11. The molecule has 0 saturated heterocycles. The van der Waals surface area contributed by atoms with Crippen LogP contribution in [0.3, 0.4) is 0 Å². The zero-order chi connectivity index (χ0) is 15.0. The number of halogens is 1. The second kappa shape index (κ2) is 8.59. The number of carbonyl (C=O) groups excluding carboxylic acids is 1. The molecule has 3 nitrogen and oxygen atoms in total. The van der Waals surface area contributed by atoms with Crippen LogP contribution in [0.25, 0.3) is 0 Å². The van der Waals surface area contributed by atoms with Gasteiger partial charge in [0.2, 0.25) is 0 Å². The van der Waals surface area contributed by atoms with E-state index < -0.39 is 8.07 Å². The van der Waals surface area contributed by atoms with Gasteiger partial charge in [-0.15, -0.1) is 0 Å². The van der Waals surface area contributed by atoms with Crippen LogP contribution in [0.15, 0.2) is 24.3 Å². The van der Waals surface area contributed by atoms with Crippen molar-refractivity contribution in [2.45, 2.75) is 25.7 Å². The minimum Gasteiger partial charge on any atom is -0.337 e. The van der Waals surface area contributed by atoms with E-state index in [9.17, 15) is 4.79 Å². The van der Waals surface area contributed by atoms with Crippen LogP contribution in [0, 0.1) is 0 Å². The minimum atomic E-state index is -0.926. The molecule has 0 heterocycles. The molecule has 2 amide bonds. The summed E-state index contributed by atoms with van der Waals surface area (Å²) in [6.07, 6.45) is 0. The van der Waals surface area contributed by atoms with Crippen molar-refractivity contribution in [3.05, 3.63) is 29.3 Å². The van der Waals surface area contributed by atoms with Crippen LogP contribution >= 0.6 is 23.4 Å². The molecule has 2 N–H and O–H groups in total. The molecule has 0 atom stereocenters. The molecule has 1 aromatic carbocycles. The zero-order valence-corrected chi connectivity index (χ0v) is 14.9. The monoisotopic (exact) mass is 330 g/mol. The van der Waals surface area contributed by atoms with Crippen LogP contribution < -0.4 is 10.6 Å². The van der Waals surface area contributed by atoms with E-state index in [-0.39, 0.29) is 6.03 Å². The summed E-state index contributed by atoms with van der Waals surface area (Å²) in [5.41, 5.74) is 0.748. The molecule has 1 rings (SSSR count). The number of carbonyl (C=O) groups is 1. The maximum absolute atomic E-state index is 11.6. The Bertz CT molecular complexity index is 420. The summed E-state index contributed by atoms with van der Waals surface area (Å²) in [5.74, 6) is 2.15. The molecule has 112 valence electrons. The second-order valence-electron chi connectivity index (χ2n) is 5.81. The molecule has 0 bridgehead atoms. The Hall–Kier alpha value is -0.653. The Morgan fingerprint density at radius 3 is 2.45 bits per heavy atom. The number of hydrogen-bond acceptors (Lipinski definition) is 2. The molecule has 0 spiro atoms. The highest BCUT2D eigenvalue weighted by atomic mass is 35.5.